The minimum atomic E-state index is -0.507. The summed E-state index contributed by atoms with van der Waals surface area (Å²) < 4.78 is 21.2. The van der Waals surface area contributed by atoms with Crippen molar-refractivity contribution < 1.29 is 23.4 Å². The second-order valence-corrected chi connectivity index (χ2v) is 4.88. The smallest absolute Gasteiger partial charge is 0.287 e. The molecule has 2 aromatic rings. The number of amides is 1. The number of methoxy groups -OCH3 is 1. The minimum Gasteiger partial charge on any atom is -0.490 e. The Morgan fingerprint density at radius 3 is 2.87 bits per heavy atom. The summed E-state index contributed by atoms with van der Waals surface area (Å²) in [4.78, 5) is 23.6. The number of ether oxygens (including phenoxy) is 3. The molecule has 23 heavy (non-hydrogen) atoms. The highest BCUT2D eigenvalue weighted by Crippen LogP contribution is 2.30. The number of rotatable bonds is 4. The Balaban J connectivity index is 1.60. The van der Waals surface area contributed by atoms with Gasteiger partial charge >= 0.3 is 0 Å². The normalized spacial score (nSPS) is 15.8. The first-order valence-corrected chi connectivity index (χ1v) is 7.01. The molecule has 1 amide bonds. The van der Waals surface area contributed by atoms with E-state index in [-0.39, 0.29) is 24.2 Å². The molecule has 0 radical (unpaired) electrons. The van der Waals surface area contributed by atoms with Gasteiger partial charge in [0, 0.05) is 6.07 Å². The Hall–Kier alpha value is -2.96. The molecule has 1 aliphatic heterocycles. The summed E-state index contributed by atoms with van der Waals surface area (Å²) in [7, 11) is 1.35. The zero-order valence-electron chi connectivity index (χ0n) is 12.4. The summed E-state index contributed by atoms with van der Waals surface area (Å²) in [6.07, 6.45) is 0.784. The second-order valence-electron chi connectivity index (χ2n) is 4.88. The van der Waals surface area contributed by atoms with Crippen LogP contribution in [0.1, 0.15) is 10.6 Å². The maximum atomic E-state index is 12.0. The van der Waals surface area contributed by atoms with Crippen LogP contribution in [0.3, 0.4) is 0 Å². The van der Waals surface area contributed by atoms with E-state index in [0.717, 1.165) is 12.3 Å². The van der Waals surface area contributed by atoms with Gasteiger partial charge in [0.05, 0.1) is 13.7 Å². The molecule has 2 heterocycles. The molecule has 1 aliphatic rings. The Kier molecular flexibility index (Phi) is 4.18. The fourth-order valence-corrected chi connectivity index (χ4v) is 2.12. The predicted octanol–water partition coefficient (Wildman–Crippen LogP) is 1.22. The number of fused-ring (bicyclic) bond motifs is 1. The molecule has 7 heteroatoms. The van der Waals surface area contributed by atoms with Gasteiger partial charge in [-0.3, -0.25) is 9.59 Å². The van der Waals surface area contributed by atoms with Crippen LogP contribution in [-0.2, 0) is 0 Å². The fourth-order valence-electron chi connectivity index (χ4n) is 2.12. The number of carbonyl (C=O) groups excluding carboxylic acids is 1. The Morgan fingerprint density at radius 1 is 1.35 bits per heavy atom. The van der Waals surface area contributed by atoms with E-state index in [1.807, 2.05) is 18.2 Å². The number of para-hydroxylation sites is 2. The van der Waals surface area contributed by atoms with Gasteiger partial charge in [0.15, 0.2) is 17.3 Å². The van der Waals surface area contributed by atoms with Crippen molar-refractivity contribution in [1.29, 1.82) is 0 Å². The molecule has 3 rings (SSSR count). The third-order valence-corrected chi connectivity index (χ3v) is 3.30. The molecule has 0 aliphatic carbocycles. The summed E-state index contributed by atoms with van der Waals surface area (Å²) in [5.74, 6) is 0.757. The molecule has 1 N–H and O–H groups in total. The molecule has 0 fully saturated rings. The molecule has 1 atom stereocenters. The van der Waals surface area contributed by atoms with E-state index < -0.39 is 11.3 Å². The Labute approximate surface area is 131 Å². The van der Waals surface area contributed by atoms with Crippen molar-refractivity contribution in [3.05, 3.63) is 52.6 Å². The van der Waals surface area contributed by atoms with E-state index in [2.05, 4.69) is 5.32 Å². The van der Waals surface area contributed by atoms with Crippen LogP contribution >= 0.6 is 0 Å². The Morgan fingerprint density at radius 2 is 2.13 bits per heavy atom. The summed E-state index contributed by atoms with van der Waals surface area (Å²) in [5.41, 5.74) is -0.421. The SMILES string of the molecule is COc1coc(C(=O)NC[C@@H]2COc3ccccc3O2)cc1=O. The zero-order chi connectivity index (χ0) is 16.2. The van der Waals surface area contributed by atoms with E-state index in [1.165, 1.54) is 7.11 Å². The lowest BCUT2D eigenvalue weighted by atomic mass is 10.2. The van der Waals surface area contributed by atoms with Crippen molar-refractivity contribution in [2.24, 2.45) is 0 Å². The van der Waals surface area contributed by atoms with Gasteiger partial charge in [-0.05, 0) is 12.1 Å². The molecular formula is C16H15NO6. The van der Waals surface area contributed by atoms with Gasteiger partial charge in [-0.2, -0.15) is 0 Å². The first-order chi connectivity index (χ1) is 11.2. The van der Waals surface area contributed by atoms with Crippen LogP contribution in [0.4, 0.5) is 0 Å². The quantitative estimate of drug-likeness (QED) is 0.912. The van der Waals surface area contributed by atoms with Gasteiger partial charge in [0.25, 0.3) is 5.91 Å². The molecule has 0 spiro atoms. The van der Waals surface area contributed by atoms with Crippen molar-refractivity contribution in [3.63, 3.8) is 0 Å². The van der Waals surface area contributed by atoms with E-state index >= 15 is 0 Å². The molecule has 0 bridgehead atoms. The van der Waals surface area contributed by atoms with Crippen LogP contribution in [0.2, 0.25) is 0 Å². The zero-order valence-corrected chi connectivity index (χ0v) is 12.4. The molecular weight excluding hydrogens is 302 g/mol. The number of nitrogens with one attached hydrogen (secondary N) is 1. The maximum absolute atomic E-state index is 12.0. The summed E-state index contributed by atoms with van der Waals surface area (Å²) in [6.45, 7) is 0.548. The van der Waals surface area contributed by atoms with E-state index in [9.17, 15) is 9.59 Å². The molecule has 0 saturated carbocycles. The van der Waals surface area contributed by atoms with Gasteiger partial charge in [0.1, 0.15) is 19.0 Å². The van der Waals surface area contributed by atoms with Crippen LogP contribution in [-0.4, -0.2) is 32.3 Å². The average molecular weight is 317 g/mol. The topological polar surface area (TPSA) is 87.0 Å². The van der Waals surface area contributed by atoms with Crippen molar-refractivity contribution in [2.75, 3.05) is 20.3 Å². The van der Waals surface area contributed by atoms with E-state index in [1.54, 1.807) is 6.07 Å². The fraction of sp³-hybridized carbons (Fsp3) is 0.250. The summed E-state index contributed by atoms with van der Waals surface area (Å²) in [6, 6.07) is 8.40. The molecule has 120 valence electrons. The highest BCUT2D eigenvalue weighted by Gasteiger charge is 2.22. The van der Waals surface area contributed by atoms with E-state index in [0.29, 0.717) is 18.1 Å². The summed E-state index contributed by atoms with van der Waals surface area (Å²) >= 11 is 0. The third-order valence-electron chi connectivity index (χ3n) is 3.30. The van der Waals surface area contributed by atoms with Crippen LogP contribution in [0.15, 0.2) is 45.8 Å². The van der Waals surface area contributed by atoms with Crippen LogP contribution in [0.25, 0.3) is 0 Å². The monoisotopic (exact) mass is 317 g/mol. The number of carbonyl (C=O) groups is 1. The van der Waals surface area contributed by atoms with Crippen LogP contribution in [0, 0.1) is 0 Å². The molecule has 1 aromatic heterocycles. The van der Waals surface area contributed by atoms with Crippen molar-refractivity contribution in [3.8, 4) is 17.2 Å². The minimum absolute atomic E-state index is 0.0437. The number of benzene rings is 1. The van der Waals surface area contributed by atoms with Gasteiger partial charge in [-0.25, -0.2) is 0 Å². The van der Waals surface area contributed by atoms with Gasteiger partial charge < -0.3 is 23.9 Å². The molecule has 1 aromatic carbocycles. The lowest BCUT2D eigenvalue weighted by molar-refractivity contribution is 0.0771. The largest absolute Gasteiger partial charge is 0.490 e. The lowest BCUT2D eigenvalue weighted by Gasteiger charge is -2.26. The van der Waals surface area contributed by atoms with Gasteiger partial charge in [-0.15, -0.1) is 0 Å². The highest BCUT2D eigenvalue weighted by atomic mass is 16.6. The highest BCUT2D eigenvalue weighted by molar-refractivity contribution is 5.91. The third kappa shape index (κ3) is 3.28. The first kappa shape index (κ1) is 15.0. The van der Waals surface area contributed by atoms with Gasteiger partial charge in [-0.1, -0.05) is 12.1 Å². The Bertz CT molecular complexity index is 769. The average Bonchev–Trinajstić information content (AvgIpc) is 2.59. The van der Waals surface area contributed by atoms with Gasteiger partial charge in [0.2, 0.25) is 11.2 Å². The van der Waals surface area contributed by atoms with E-state index in [4.69, 9.17) is 18.6 Å². The van der Waals surface area contributed by atoms with Crippen molar-refractivity contribution >= 4 is 5.91 Å². The molecule has 7 nitrogen and oxygen atoms in total. The van der Waals surface area contributed by atoms with Crippen molar-refractivity contribution in [2.45, 2.75) is 6.10 Å². The number of hydrogen-bond acceptors (Lipinski definition) is 6. The number of hydrogen-bond donors (Lipinski definition) is 1. The maximum Gasteiger partial charge on any atom is 0.287 e. The predicted molar refractivity (Wildman–Crippen MR) is 80.2 cm³/mol. The summed E-state index contributed by atoms with van der Waals surface area (Å²) in [5, 5.41) is 2.65. The van der Waals surface area contributed by atoms with Crippen molar-refractivity contribution in [1.82, 2.24) is 5.32 Å². The molecule has 0 saturated heterocycles. The lowest BCUT2D eigenvalue weighted by Crippen LogP contribution is -2.40. The van der Waals surface area contributed by atoms with Crippen LogP contribution in [0.5, 0.6) is 17.2 Å². The van der Waals surface area contributed by atoms with Crippen LogP contribution < -0.4 is 25.0 Å². The second kappa shape index (κ2) is 6.43. The molecule has 0 unspecified atom stereocenters. The first-order valence-electron chi connectivity index (χ1n) is 7.01. The standard InChI is InChI=1S/C16H15NO6/c1-20-15-9-22-14(6-11(15)18)16(19)17-7-10-8-21-12-4-2-3-5-13(12)23-10/h2-6,9-10H,7-8H2,1H3,(H,17,19)/t10-/m1/s1.